The van der Waals surface area contributed by atoms with E-state index in [1.54, 1.807) is 6.08 Å². The third kappa shape index (κ3) is 5.27. The van der Waals surface area contributed by atoms with E-state index in [-0.39, 0.29) is 11.8 Å². The molecule has 1 rings (SSSR count). The fraction of sp³-hybridized carbons (Fsp3) is 0.250. The molecule has 2 amide bonds. The van der Waals surface area contributed by atoms with E-state index >= 15 is 0 Å². The number of carbonyl (C=O) groups is 1. The van der Waals surface area contributed by atoms with Crippen LogP contribution < -0.4 is 9.50 Å². The molecule has 1 aromatic carbocycles. The molecule has 0 spiro atoms. The topological polar surface area (TPSA) is 75.7 Å². The van der Waals surface area contributed by atoms with E-state index in [4.69, 9.17) is 0 Å². The van der Waals surface area contributed by atoms with Gasteiger partial charge in [0.15, 0.2) is 0 Å². The van der Waals surface area contributed by atoms with E-state index < -0.39 is 10.5 Å². The van der Waals surface area contributed by atoms with Crippen LogP contribution in [0.15, 0.2) is 36.9 Å². The van der Waals surface area contributed by atoms with Gasteiger partial charge >= 0.3 is 16.5 Å². The fourth-order valence-electron chi connectivity index (χ4n) is 1.42. The van der Waals surface area contributed by atoms with Gasteiger partial charge in [0.2, 0.25) is 0 Å². The van der Waals surface area contributed by atoms with Crippen LogP contribution >= 0.6 is 0 Å². The highest BCUT2D eigenvalue weighted by Crippen LogP contribution is 2.18. The number of urea groups is 1. The average molecular weight is 302 g/mol. The van der Waals surface area contributed by atoms with E-state index in [1.165, 1.54) is 29.2 Å². The molecule has 20 heavy (non-hydrogen) atoms. The summed E-state index contributed by atoms with van der Waals surface area (Å²) in [6.07, 6.45) is 1.60. The molecule has 0 aliphatic rings. The van der Waals surface area contributed by atoms with Crippen LogP contribution in [0.5, 0.6) is 5.75 Å². The van der Waals surface area contributed by atoms with Gasteiger partial charge in [0.1, 0.15) is 5.75 Å². The van der Waals surface area contributed by atoms with Gasteiger partial charge in [0.05, 0.1) is 0 Å². The van der Waals surface area contributed by atoms with E-state index in [0.29, 0.717) is 18.8 Å². The highest BCUT2D eigenvalue weighted by Gasteiger charge is 2.11. The van der Waals surface area contributed by atoms with Gasteiger partial charge in [0.25, 0.3) is 0 Å². The maximum absolute atomic E-state index is 12.3. The Morgan fingerprint density at radius 2 is 2.05 bits per heavy atom. The van der Waals surface area contributed by atoms with Crippen LogP contribution in [0.4, 0.5) is 14.4 Å². The number of anilines is 1. The Hall–Kier alpha value is -2.09. The lowest BCUT2D eigenvalue weighted by molar-refractivity contribution is 0.219. The Balaban J connectivity index is 2.70. The van der Waals surface area contributed by atoms with Crippen molar-refractivity contribution in [1.29, 1.82) is 0 Å². The number of halogens is 1. The Bertz CT molecular complexity index is 572. The molecule has 0 aliphatic carbocycles. The van der Waals surface area contributed by atoms with Crippen LogP contribution in [-0.2, 0) is 10.5 Å². The van der Waals surface area contributed by atoms with Gasteiger partial charge in [-0.1, -0.05) is 9.96 Å². The van der Waals surface area contributed by atoms with Crippen LogP contribution in [0.2, 0.25) is 0 Å². The minimum atomic E-state index is -5.04. The lowest BCUT2D eigenvalue weighted by Crippen LogP contribution is -2.34. The molecule has 0 saturated heterocycles. The molecule has 0 aromatic heterocycles. The van der Waals surface area contributed by atoms with Gasteiger partial charge < -0.3 is 14.4 Å². The number of benzene rings is 1. The Morgan fingerprint density at radius 1 is 1.45 bits per heavy atom. The summed E-state index contributed by atoms with van der Waals surface area (Å²) in [7, 11) is -5.04. The number of amides is 2. The zero-order chi connectivity index (χ0) is 15.2. The van der Waals surface area contributed by atoms with Crippen LogP contribution in [0.25, 0.3) is 0 Å². The molecular weight excluding hydrogens is 287 g/mol. The first kappa shape index (κ1) is 16.0. The summed E-state index contributed by atoms with van der Waals surface area (Å²) in [4.78, 5) is 13.3. The maximum atomic E-state index is 12.3. The first-order valence-corrected chi connectivity index (χ1v) is 7.07. The fourth-order valence-corrected chi connectivity index (χ4v) is 1.76. The average Bonchev–Trinajstić information content (AvgIpc) is 2.36. The van der Waals surface area contributed by atoms with Gasteiger partial charge in [-0.3, -0.25) is 0 Å². The first-order valence-electron chi connectivity index (χ1n) is 5.76. The minimum Gasteiger partial charge on any atom is -0.358 e. The van der Waals surface area contributed by atoms with Crippen LogP contribution in [0.1, 0.15) is 6.92 Å². The molecule has 0 fully saturated rings. The zero-order valence-electron chi connectivity index (χ0n) is 10.9. The number of nitrogens with zero attached hydrogens (tertiary/aromatic N) is 1. The predicted molar refractivity (Wildman–Crippen MR) is 73.6 cm³/mol. The van der Waals surface area contributed by atoms with Crippen LogP contribution in [-0.4, -0.2) is 32.4 Å². The third-order valence-corrected chi connectivity index (χ3v) is 2.71. The zero-order valence-corrected chi connectivity index (χ0v) is 11.7. The van der Waals surface area contributed by atoms with Crippen molar-refractivity contribution < 1.29 is 21.3 Å². The van der Waals surface area contributed by atoms with Crippen molar-refractivity contribution in [1.82, 2.24) is 4.90 Å². The number of nitrogens with one attached hydrogen (secondary N) is 1. The smallest absolute Gasteiger partial charge is 0.358 e. The molecule has 0 saturated carbocycles. The van der Waals surface area contributed by atoms with Crippen molar-refractivity contribution in [3.63, 3.8) is 0 Å². The van der Waals surface area contributed by atoms with Crippen molar-refractivity contribution in [2.75, 3.05) is 18.4 Å². The number of hydrogen-bond acceptors (Lipinski definition) is 4. The predicted octanol–water partition coefficient (Wildman–Crippen LogP) is 2.32. The summed E-state index contributed by atoms with van der Waals surface area (Å²) in [6.45, 7) is 6.30. The summed E-state index contributed by atoms with van der Waals surface area (Å²) in [5.74, 6) is -0.177. The molecule has 0 unspecified atom stereocenters. The lowest BCUT2D eigenvalue weighted by atomic mass is 10.3. The molecule has 0 atom stereocenters. The van der Waals surface area contributed by atoms with E-state index in [2.05, 4.69) is 16.1 Å². The number of hydrogen-bond donors (Lipinski definition) is 1. The minimum absolute atomic E-state index is 0.177. The molecule has 0 heterocycles. The van der Waals surface area contributed by atoms with Gasteiger partial charge in [-0.25, -0.2) is 4.79 Å². The molecule has 0 radical (unpaired) electrons. The van der Waals surface area contributed by atoms with Crippen molar-refractivity contribution in [2.45, 2.75) is 6.92 Å². The van der Waals surface area contributed by atoms with E-state index in [0.717, 1.165) is 0 Å². The second kappa shape index (κ2) is 6.90. The molecule has 1 N–H and O–H groups in total. The van der Waals surface area contributed by atoms with Gasteiger partial charge in [-0.15, -0.1) is 6.58 Å². The molecule has 6 nitrogen and oxygen atoms in total. The molecule has 0 bridgehead atoms. The Labute approximate surface area is 117 Å². The van der Waals surface area contributed by atoms with E-state index in [1.807, 2.05) is 6.92 Å². The van der Waals surface area contributed by atoms with Crippen molar-refractivity contribution in [3.8, 4) is 5.75 Å². The summed E-state index contributed by atoms with van der Waals surface area (Å²) >= 11 is 0. The van der Waals surface area contributed by atoms with E-state index in [9.17, 15) is 17.1 Å². The third-order valence-electron chi connectivity index (χ3n) is 2.32. The molecular formula is C12H15FN2O4S. The number of carbonyl (C=O) groups excluding carboxylic acids is 1. The highest BCUT2D eigenvalue weighted by atomic mass is 32.3. The number of rotatable bonds is 6. The normalized spacial score (nSPS) is 10.7. The summed E-state index contributed by atoms with van der Waals surface area (Å²) in [5, 5.41) is 2.61. The summed E-state index contributed by atoms with van der Waals surface area (Å²) < 4.78 is 36.9. The van der Waals surface area contributed by atoms with Gasteiger partial charge in [0, 0.05) is 18.8 Å². The highest BCUT2D eigenvalue weighted by molar-refractivity contribution is 7.81. The Kier molecular flexibility index (Phi) is 5.51. The molecule has 110 valence electrons. The second-order valence-corrected chi connectivity index (χ2v) is 4.71. The Morgan fingerprint density at radius 3 is 2.50 bits per heavy atom. The second-order valence-electron chi connectivity index (χ2n) is 3.76. The SMILES string of the molecule is C=CCN(CC)C(=O)Nc1ccc(OS(=O)(=O)F)cc1. The summed E-state index contributed by atoms with van der Waals surface area (Å²) in [5.41, 5.74) is 0.432. The largest absolute Gasteiger partial charge is 0.488 e. The molecule has 1 aromatic rings. The first-order chi connectivity index (χ1) is 9.35. The summed E-state index contributed by atoms with van der Waals surface area (Å²) in [6, 6.07) is 4.95. The van der Waals surface area contributed by atoms with Crippen molar-refractivity contribution in [2.24, 2.45) is 0 Å². The number of likely N-dealkylation sites (N-methyl/N-ethyl adjacent to an activating group) is 1. The van der Waals surface area contributed by atoms with Gasteiger partial charge in [-0.2, -0.15) is 8.42 Å². The van der Waals surface area contributed by atoms with Crippen LogP contribution in [0.3, 0.4) is 0 Å². The van der Waals surface area contributed by atoms with Gasteiger partial charge in [-0.05, 0) is 31.2 Å². The van der Waals surface area contributed by atoms with Crippen LogP contribution in [0, 0.1) is 0 Å². The standard InChI is InChI=1S/C12H15FN2O4S/c1-3-9-15(4-2)12(16)14-10-5-7-11(8-6-10)19-20(13,17)18/h3,5-8H,1,4,9H2,2H3,(H,14,16). The maximum Gasteiger partial charge on any atom is 0.488 e. The van der Waals surface area contributed by atoms with Crippen molar-refractivity contribution in [3.05, 3.63) is 36.9 Å². The molecule has 0 aliphatic heterocycles. The van der Waals surface area contributed by atoms with Crippen molar-refractivity contribution >= 4 is 22.2 Å². The molecule has 8 heteroatoms. The lowest BCUT2D eigenvalue weighted by Gasteiger charge is -2.19. The quantitative estimate of drug-likeness (QED) is 0.646. The monoisotopic (exact) mass is 302 g/mol.